The third kappa shape index (κ3) is 2.72. The van der Waals surface area contributed by atoms with Crippen molar-refractivity contribution in [3.05, 3.63) is 0 Å². The van der Waals surface area contributed by atoms with Gasteiger partial charge in [0.2, 0.25) is 0 Å². The maximum atomic E-state index is 12.7. The van der Waals surface area contributed by atoms with Crippen LogP contribution in [0, 0.1) is 0 Å². The van der Waals surface area contributed by atoms with Crippen LogP contribution in [0.4, 0.5) is 52.7 Å². The summed E-state index contributed by atoms with van der Waals surface area (Å²) in [6.07, 6.45) is 0. The van der Waals surface area contributed by atoms with Gasteiger partial charge in [-0.05, 0) is 0 Å². The standard InChI is InChI=1S/C6ClF12.Na/c7-6(18,19)5(16,17)4(14,15)3(12,13)2(10,11)1(8)9;. The summed E-state index contributed by atoms with van der Waals surface area (Å²) in [4.78, 5) is 0. The predicted octanol–water partition coefficient (Wildman–Crippen LogP) is 4.12. The molecule has 20 heavy (non-hydrogen) atoms. The molecule has 0 saturated heterocycles. The molecule has 0 heterocycles. The SMILES string of the molecule is F[C](F)([Na])C(F)(F)C(F)(F)C(F)(F)C(F)(F)C(F)(F)Cl. The first kappa shape index (κ1) is 20.5. The van der Waals surface area contributed by atoms with Crippen molar-refractivity contribution in [2.75, 3.05) is 0 Å². The molecule has 0 N–H and O–H groups in total. The van der Waals surface area contributed by atoms with Crippen LogP contribution in [0.25, 0.3) is 0 Å². The molecule has 0 rings (SSSR count). The Labute approximate surface area is 124 Å². The molecule has 0 spiro atoms. The van der Waals surface area contributed by atoms with E-state index in [0.29, 0.717) is 0 Å². The zero-order valence-corrected chi connectivity index (χ0v) is 11.7. The number of halogens is 13. The van der Waals surface area contributed by atoms with Gasteiger partial charge in [-0.2, -0.15) is 0 Å². The summed E-state index contributed by atoms with van der Waals surface area (Å²) in [6, 6.07) is 0. The molecule has 0 saturated carbocycles. The van der Waals surface area contributed by atoms with Gasteiger partial charge >= 0.3 is 124 Å². The van der Waals surface area contributed by atoms with E-state index in [1.807, 2.05) is 0 Å². The van der Waals surface area contributed by atoms with E-state index in [2.05, 4.69) is 11.6 Å². The number of hydrogen-bond acceptors (Lipinski definition) is 0. The molecule has 0 aromatic rings. The van der Waals surface area contributed by atoms with Gasteiger partial charge in [-0.15, -0.1) is 0 Å². The molecule has 0 aromatic carbocycles. The average molecular weight is 358 g/mol. The van der Waals surface area contributed by atoms with Crippen molar-refractivity contribution in [2.45, 2.75) is 32.2 Å². The Hall–Kier alpha value is 0.450. The van der Waals surface area contributed by atoms with Gasteiger partial charge in [-0.1, -0.05) is 0 Å². The fraction of sp³-hybridized carbons (Fsp3) is 1.00. The molecule has 0 bridgehead atoms. The summed E-state index contributed by atoms with van der Waals surface area (Å²) in [5.74, 6) is -29.2. The van der Waals surface area contributed by atoms with Gasteiger partial charge in [-0.3, -0.25) is 0 Å². The van der Waals surface area contributed by atoms with Gasteiger partial charge in [0.1, 0.15) is 0 Å². The van der Waals surface area contributed by atoms with E-state index in [1.54, 1.807) is 0 Å². The predicted molar refractivity (Wildman–Crippen MR) is 41.3 cm³/mol. The third-order valence-corrected chi connectivity index (χ3v) is 2.96. The fourth-order valence-corrected chi connectivity index (χ4v) is 1.28. The van der Waals surface area contributed by atoms with Crippen LogP contribution < -0.4 is 0 Å². The topological polar surface area (TPSA) is 0 Å². The van der Waals surface area contributed by atoms with E-state index >= 15 is 0 Å². The van der Waals surface area contributed by atoms with Crippen molar-refractivity contribution < 1.29 is 52.7 Å². The summed E-state index contributed by atoms with van der Waals surface area (Å²) >= 11 is 1.32. The Morgan fingerprint density at radius 2 is 0.750 bits per heavy atom. The molecule has 0 aromatic heterocycles. The summed E-state index contributed by atoms with van der Waals surface area (Å²) in [6.45, 7) is 0. The molecule has 14 heteroatoms. The number of hydrogen-bond donors (Lipinski definition) is 0. The zero-order chi connectivity index (χ0) is 17.0. The average Bonchev–Trinajstić information content (AvgIpc) is 2.12. The van der Waals surface area contributed by atoms with E-state index < -0.39 is 60.2 Å². The Morgan fingerprint density at radius 3 is 0.950 bits per heavy atom. The van der Waals surface area contributed by atoms with Gasteiger partial charge in [-0.25, -0.2) is 0 Å². The van der Waals surface area contributed by atoms with Crippen LogP contribution in [0.15, 0.2) is 0 Å². The van der Waals surface area contributed by atoms with Crippen LogP contribution >= 0.6 is 11.6 Å². The first-order valence-electron chi connectivity index (χ1n) is 4.21. The van der Waals surface area contributed by atoms with Crippen molar-refractivity contribution in [1.29, 1.82) is 0 Å². The summed E-state index contributed by atoms with van der Waals surface area (Å²) in [5, 5.41) is -6.38. The Balaban J connectivity index is 6.08. The van der Waals surface area contributed by atoms with E-state index in [9.17, 15) is 52.7 Å². The third-order valence-electron chi connectivity index (χ3n) is 2.09. The maximum absolute atomic E-state index is 12.7. The van der Waals surface area contributed by atoms with Gasteiger partial charge in [0.05, 0.1) is 0 Å². The summed E-state index contributed by atoms with van der Waals surface area (Å²) in [5.41, 5.74) is 0. The quantitative estimate of drug-likeness (QED) is 0.394. The van der Waals surface area contributed by atoms with Crippen LogP contribution in [0.2, 0.25) is 0 Å². The van der Waals surface area contributed by atoms with Gasteiger partial charge in [0.25, 0.3) is 0 Å². The monoisotopic (exact) mass is 358 g/mol. The second-order valence-electron chi connectivity index (χ2n) is 3.68. The molecule has 0 aliphatic rings. The molecule has 0 aliphatic heterocycles. The molecule has 0 atom stereocenters. The van der Waals surface area contributed by atoms with Gasteiger partial charge < -0.3 is 0 Å². The molecule has 0 nitrogen and oxygen atoms in total. The number of alkyl halides is 13. The van der Waals surface area contributed by atoms with Gasteiger partial charge in [0, 0.05) is 0 Å². The van der Waals surface area contributed by atoms with Crippen LogP contribution in [0.3, 0.4) is 0 Å². The summed E-state index contributed by atoms with van der Waals surface area (Å²) in [7, 11) is 0. The van der Waals surface area contributed by atoms with Crippen molar-refractivity contribution in [1.82, 2.24) is 0 Å². The molecule has 0 fully saturated rings. The Bertz CT molecular complexity index is 329. The van der Waals surface area contributed by atoms with Crippen molar-refractivity contribution in [2.24, 2.45) is 0 Å². The second kappa shape index (κ2) is 4.98. The second-order valence-corrected chi connectivity index (χ2v) is 5.41. The molecule has 0 amide bonds. The van der Waals surface area contributed by atoms with Crippen LogP contribution in [-0.2, 0) is 0 Å². The minimum absolute atomic E-state index is 2.14. The van der Waals surface area contributed by atoms with E-state index in [4.69, 9.17) is 0 Å². The molecular weight excluding hydrogens is 358 g/mol. The van der Waals surface area contributed by atoms with Crippen molar-refractivity contribution >= 4 is 39.5 Å². The van der Waals surface area contributed by atoms with Gasteiger partial charge in [0.15, 0.2) is 0 Å². The zero-order valence-electron chi connectivity index (χ0n) is 8.91. The Kier molecular flexibility index (Phi) is 5.10. The normalized spacial score (nSPS) is 16.6. The molecule has 0 radical (unpaired) electrons. The fourth-order valence-electron chi connectivity index (χ4n) is 0.848. The first-order chi connectivity index (χ1) is 8.25. The van der Waals surface area contributed by atoms with Crippen LogP contribution in [-0.4, -0.2) is 60.2 Å². The molecular formula is C6ClF12Na. The molecule has 116 valence electrons. The molecule has 0 aliphatic carbocycles. The van der Waals surface area contributed by atoms with E-state index in [-0.39, 0.29) is 0 Å². The van der Waals surface area contributed by atoms with Crippen molar-refractivity contribution in [3.8, 4) is 0 Å². The van der Waals surface area contributed by atoms with Crippen LogP contribution in [0.5, 0.6) is 0 Å². The Morgan fingerprint density at radius 1 is 0.500 bits per heavy atom. The van der Waals surface area contributed by atoms with Crippen LogP contribution in [0.1, 0.15) is 0 Å². The van der Waals surface area contributed by atoms with E-state index in [0.717, 1.165) is 0 Å². The van der Waals surface area contributed by atoms with Crippen molar-refractivity contribution in [3.63, 3.8) is 0 Å². The first-order valence-corrected chi connectivity index (χ1v) is 5.58. The number of rotatable bonds is 5. The summed E-state index contributed by atoms with van der Waals surface area (Å²) < 4.78 is 143. The van der Waals surface area contributed by atoms with E-state index in [1.165, 1.54) is 0 Å². The minimum atomic E-state index is -7.54. The molecule has 0 unspecified atom stereocenters.